The first-order valence-corrected chi connectivity index (χ1v) is 9.66. The van der Waals surface area contributed by atoms with Gasteiger partial charge in [0.05, 0.1) is 18.4 Å². The van der Waals surface area contributed by atoms with Crippen LogP contribution in [0.2, 0.25) is 0 Å². The van der Waals surface area contributed by atoms with Gasteiger partial charge in [-0.1, -0.05) is 30.8 Å². The van der Waals surface area contributed by atoms with Crippen LogP contribution in [0, 0.1) is 0 Å². The van der Waals surface area contributed by atoms with Crippen molar-refractivity contribution >= 4 is 28.6 Å². The highest BCUT2D eigenvalue weighted by molar-refractivity contribution is 8.00. The molecule has 0 atom stereocenters. The third-order valence-corrected chi connectivity index (χ3v) is 5.09. The Morgan fingerprint density at radius 2 is 2.04 bits per heavy atom. The number of nitrogens with zero attached hydrogens (tertiary/aromatic N) is 2. The van der Waals surface area contributed by atoms with Gasteiger partial charge < -0.3 is 14.6 Å². The van der Waals surface area contributed by atoms with E-state index in [0.717, 1.165) is 41.2 Å². The number of fused-ring (bicyclic) bond motifs is 1. The Bertz CT molecular complexity index is 874. The Balaban J connectivity index is 1.74. The summed E-state index contributed by atoms with van der Waals surface area (Å²) in [4.78, 5) is 16.3. The lowest BCUT2D eigenvalue weighted by Gasteiger charge is -2.08. The highest BCUT2D eigenvalue weighted by atomic mass is 32.2. The van der Waals surface area contributed by atoms with E-state index in [2.05, 4.69) is 39.3 Å². The second-order valence-electron chi connectivity index (χ2n) is 5.98. The average Bonchev–Trinajstić information content (AvgIpc) is 3.08. The van der Waals surface area contributed by atoms with Gasteiger partial charge in [0, 0.05) is 30.9 Å². The smallest absolute Gasteiger partial charge is 0.230 e. The number of benzene rings is 1. The first-order chi connectivity index (χ1) is 12.7. The summed E-state index contributed by atoms with van der Waals surface area (Å²) >= 11 is 1.48. The molecule has 0 saturated carbocycles. The lowest BCUT2D eigenvalue weighted by atomic mass is 10.2. The van der Waals surface area contributed by atoms with Crippen molar-refractivity contribution in [2.45, 2.75) is 24.9 Å². The zero-order valence-corrected chi connectivity index (χ0v) is 15.9. The molecule has 2 heterocycles. The quantitative estimate of drug-likeness (QED) is 0.615. The summed E-state index contributed by atoms with van der Waals surface area (Å²) in [5.41, 5.74) is 2.32. The van der Waals surface area contributed by atoms with Crippen molar-refractivity contribution < 1.29 is 9.53 Å². The molecule has 0 spiro atoms. The number of pyridine rings is 1. The molecule has 1 N–H and O–H groups in total. The summed E-state index contributed by atoms with van der Waals surface area (Å²) in [5.74, 6) is 1.29. The van der Waals surface area contributed by atoms with Gasteiger partial charge in [0.25, 0.3) is 0 Å². The zero-order valence-electron chi connectivity index (χ0n) is 15.1. The lowest BCUT2D eigenvalue weighted by Crippen LogP contribution is -2.25. The molecule has 1 aromatic carbocycles. The van der Waals surface area contributed by atoms with Gasteiger partial charge in [-0.05, 0) is 36.2 Å². The molecule has 0 aliphatic carbocycles. The minimum absolute atomic E-state index is 0.0494. The average molecular weight is 369 g/mol. The number of hydrogen-bond acceptors (Lipinski definition) is 4. The number of carbonyl (C=O) groups is 1. The van der Waals surface area contributed by atoms with Crippen molar-refractivity contribution in [3.8, 4) is 5.75 Å². The number of hydrogen-bond donors (Lipinski definition) is 1. The Morgan fingerprint density at radius 3 is 2.77 bits per heavy atom. The second-order valence-corrected chi connectivity index (χ2v) is 6.94. The number of methoxy groups -OCH3 is 1. The fourth-order valence-corrected chi connectivity index (χ4v) is 3.56. The highest BCUT2D eigenvalue weighted by Crippen LogP contribution is 2.27. The Labute approximate surface area is 157 Å². The van der Waals surface area contributed by atoms with Gasteiger partial charge in [-0.3, -0.25) is 4.79 Å². The molecule has 0 bridgehead atoms. The van der Waals surface area contributed by atoms with Gasteiger partial charge in [-0.25, -0.2) is 4.98 Å². The SMILES string of the molecule is CCCNC(=O)CSc1nccc2c1ccn2Cc1ccc(OC)cc1. The van der Waals surface area contributed by atoms with Crippen molar-refractivity contribution in [1.29, 1.82) is 0 Å². The zero-order chi connectivity index (χ0) is 18.4. The van der Waals surface area contributed by atoms with Crippen LogP contribution in [0.25, 0.3) is 10.9 Å². The van der Waals surface area contributed by atoms with Crippen molar-refractivity contribution in [2.75, 3.05) is 19.4 Å². The topological polar surface area (TPSA) is 56.2 Å². The minimum Gasteiger partial charge on any atom is -0.497 e. The number of carbonyl (C=O) groups excluding carboxylic acids is 1. The third kappa shape index (κ3) is 4.38. The standard InChI is InChI=1S/C20H23N3O2S/c1-3-10-21-19(24)14-26-20-17-9-12-23(18(17)8-11-22-20)13-15-4-6-16(25-2)7-5-15/h4-9,11-12H,3,10,13-14H2,1-2H3,(H,21,24). The van der Waals surface area contributed by atoms with Gasteiger partial charge in [-0.15, -0.1) is 0 Å². The minimum atomic E-state index is 0.0494. The van der Waals surface area contributed by atoms with Crippen LogP contribution in [-0.4, -0.2) is 34.9 Å². The predicted octanol–water partition coefficient (Wildman–Crippen LogP) is 3.71. The summed E-state index contributed by atoms with van der Waals surface area (Å²) in [6.45, 7) is 3.54. The molecule has 5 nitrogen and oxygen atoms in total. The highest BCUT2D eigenvalue weighted by Gasteiger charge is 2.10. The molecule has 3 rings (SSSR count). The van der Waals surface area contributed by atoms with E-state index < -0.39 is 0 Å². The normalized spacial score (nSPS) is 10.8. The van der Waals surface area contributed by atoms with Gasteiger partial charge in [0.2, 0.25) is 5.91 Å². The summed E-state index contributed by atoms with van der Waals surface area (Å²) in [6.07, 6.45) is 4.81. The largest absolute Gasteiger partial charge is 0.497 e. The Kier molecular flexibility index (Phi) is 6.17. The van der Waals surface area contributed by atoms with E-state index in [1.165, 1.54) is 17.3 Å². The monoisotopic (exact) mass is 369 g/mol. The van der Waals surface area contributed by atoms with E-state index in [9.17, 15) is 4.79 Å². The molecular weight excluding hydrogens is 346 g/mol. The van der Waals surface area contributed by atoms with E-state index in [1.54, 1.807) is 13.3 Å². The number of thioether (sulfide) groups is 1. The second kappa shape index (κ2) is 8.76. The molecule has 136 valence electrons. The molecule has 3 aromatic rings. The molecule has 26 heavy (non-hydrogen) atoms. The molecular formula is C20H23N3O2S. The maximum atomic E-state index is 11.8. The van der Waals surface area contributed by atoms with Gasteiger partial charge >= 0.3 is 0 Å². The summed E-state index contributed by atoms with van der Waals surface area (Å²) in [5, 5.41) is 4.86. The van der Waals surface area contributed by atoms with Crippen LogP contribution in [0.4, 0.5) is 0 Å². The first-order valence-electron chi connectivity index (χ1n) is 8.67. The molecule has 0 fully saturated rings. The van der Waals surface area contributed by atoms with Crippen LogP contribution in [0.5, 0.6) is 5.75 Å². The van der Waals surface area contributed by atoms with Crippen molar-refractivity contribution in [3.05, 3.63) is 54.4 Å². The number of amides is 1. The molecule has 0 aliphatic heterocycles. The number of nitrogens with one attached hydrogen (secondary N) is 1. The summed E-state index contributed by atoms with van der Waals surface area (Å²) < 4.78 is 7.41. The number of ether oxygens (including phenoxy) is 1. The summed E-state index contributed by atoms with van der Waals surface area (Å²) in [7, 11) is 1.67. The Hall–Kier alpha value is -2.47. The Morgan fingerprint density at radius 1 is 1.23 bits per heavy atom. The molecule has 0 saturated heterocycles. The van der Waals surface area contributed by atoms with Crippen molar-refractivity contribution in [2.24, 2.45) is 0 Å². The van der Waals surface area contributed by atoms with Crippen LogP contribution in [0.3, 0.4) is 0 Å². The van der Waals surface area contributed by atoms with Gasteiger partial charge in [0.15, 0.2) is 0 Å². The number of aromatic nitrogens is 2. The maximum absolute atomic E-state index is 11.8. The molecule has 1 amide bonds. The first kappa shape index (κ1) is 18.3. The van der Waals surface area contributed by atoms with Crippen LogP contribution >= 0.6 is 11.8 Å². The molecule has 2 aromatic heterocycles. The van der Waals surface area contributed by atoms with E-state index in [4.69, 9.17) is 4.74 Å². The maximum Gasteiger partial charge on any atom is 0.230 e. The fourth-order valence-electron chi connectivity index (χ4n) is 2.73. The van der Waals surface area contributed by atoms with Gasteiger partial charge in [0.1, 0.15) is 10.8 Å². The van der Waals surface area contributed by atoms with Crippen molar-refractivity contribution in [1.82, 2.24) is 14.9 Å². The van der Waals surface area contributed by atoms with Crippen LogP contribution in [0.1, 0.15) is 18.9 Å². The van der Waals surface area contributed by atoms with E-state index in [1.807, 2.05) is 25.1 Å². The lowest BCUT2D eigenvalue weighted by molar-refractivity contribution is -0.118. The fraction of sp³-hybridized carbons (Fsp3) is 0.300. The van der Waals surface area contributed by atoms with Crippen LogP contribution < -0.4 is 10.1 Å². The van der Waals surface area contributed by atoms with Crippen molar-refractivity contribution in [3.63, 3.8) is 0 Å². The van der Waals surface area contributed by atoms with Crippen LogP contribution in [0.15, 0.2) is 53.8 Å². The third-order valence-electron chi connectivity index (χ3n) is 4.09. The number of rotatable bonds is 8. The van der Waals surface area contributed by atoms with Crippen LogP contribution in [-0.2, 0) is 11.3 Å². The molecule has 0 aliphatic rings. The van der Waals surface area contributed by atoms with E-state index >= 15 is 0 Å². The van der Waals surface area contributed by atoms with Gasteiger partial charge in [-0.2, -0.15) is 0 Å². The predicted molar refractivity (Wildman–Crippen MR) is 106 cm³/mol. The molecule has 6 heteroatoms. The molecule has 0 unspecified atom stereocenters. The molecule has 0 radical (unpaired) electrons. The van der Waals surface area contributed by atoms with E-state index in [-0.39, 0.29) is 5.91 Å². The van der Waals surface area contributed by atoms with E-state index in [0.29, 0.717) is 5.75 Å². The summed E-state index contributed by atoms with van der Waals surface area (Å²) in [6, 6.07) is 12.2.